The van der Waals surface area contributed by atoms with Crippen LogP contribution in [-0.4, -0.2) is 0 Å². The van der Waals surface area contributed by atoms with Gasteiger partial charge in [0.25, 0.3) is 0 Å². The van der Waals surface area contributed by atoms with Gasteiger partial charge >= 0.3 is 0 Å². The smallest absolute Gasteiger partial charge is 0.216 e. The number of aromatic nitrogens is 1. The Labute approximate surface area is 140 Å². The molecule has 0 saturated heterocycles. The standard InChI is InChI=1S/C21H17N2O/c1-13-7-9-17-16-10-8-15(12-22)14(2)20(16)24-21(17)19(13)18-6-4-5-11-23(18)3/h4-11H,1-3H3/q+1. The molecule has 2 aromatic heterocycles. The second-order valence-corrected chi connectivity index (χ2v) is 6.16. The quantitative estimate of drug-likeness (QED) is 0.483. The van der Waals surface area contributed by atoms with Gasteiger partial charge in [0.05, 0.1) is 17.2 Å². The van der Waals surface area contributed by atoms with E-state index in [1.54, 1.807) is 0 Å². The summed E-state index contributed by atoms with van der Waals surface area (Å²) < 4.78 is 8.38. The zero-order valence-electron chi connectivity index (χ0n) is 13.9. The van der Waals surface area contributed by atoms with Crippen LogP contribution in [0.25, 0.3) is 33.2 Å². The molecule has 0 aliphatic rings. The predicted octanol–water partition coefficient (Wildman–Crippen LogP) is 4.57. The molecule has 116 valence electrons. The number of hydrogen-bond donors (Lipinski definition) is 0. The Morgan fingerprint density at radius 1 is 0.958 bits per heavy atom. The number of pyridine rings is 1. The van der Waals surface area contributed by atoms with E-state index in [9.17, 15) is 5.26 Å². The number of hydrogen-bond acceptors (Lipinski definition) is 2. The van der Waals surface area contributed by atoms with Crippen LogP contribution in [0.1, 0.15) is 16.7 Å². The first-order chi connectivity index (χ1) is 11.6. The summed E-state index contributed by atoms with van der Waals surface area (Å²) in [7, 11) is 2.04. The van der Waals surface area contributed by atoms with Crippen molar-refractivity contribution in [1.82, 2.24) is 0 Å². The minimum Gasteiger partial charge on any atom is -0.455 e. The number of fused-ring (bicyclic) bond motifs is 3. The van der Waals surface area contributed by atoms with Crippen LogP contribution < -0.4 is 4.57 Å². The second-order valence-electron chi connectivity index (χ2n) is 6.16. The van der Waals surface area contributed by atoms with E-state index in [0.29, 0.717) is 5.56 Å². The van der Waals surface area contributed by atoms with Gasteiger partial charge in [-0.15, -0.1) is 0 Å². The highest BCUT2D eigenvalue weighted by Gasteiger charge is 2.21. The lowest BCUT2D eigenvalue weighted by molar-refractivity contribution is -0.660. The largest absolute Gasteiger partial charge is 0.455 e. The van der Waals surface area contributed by atoms with Crippen molar-refractivity contribution < 1.29 is 8.98 Å². The Bertz CT molecular complexity index is 1150. The maximum Gasteiger partial charge on any atom is 0.216 e. The molecule has 0 atom stereocenters. The molecule has 24 heavy (non-hydrogen) atoms. The summed E-state index contributed by atoms with van der Waals surface area (Å²) in [6.45, 7) is 4.04. The molecule has 2 aromatic carbocycles. The lowest BCUT2D eigenvalue weighted by Gasteiger charge is -2.04. The van der Waals surface area contributed by atoms with Crippen molar-refractivity contribution in [3.63, 3.8) is 0 Å². The van der Waals surface area contributed by atoms with E-state index in [-0.39, 0.29) is 0 Å². The summed E-state index contributed by atoms with van der Waals surface area (Å²) in [5.41, 5.74) is 6.61. The van der Waals surface area contributed by atoms with Crippen molar-refractivity contribution in [2.24, 2.45) is 7.05 Å². The fourth-order valence-corrected chi connectivity index (χ4v) is 3.36. The SMILES string of the molecule is Cc1ccc2c(oc3c(C)c(C#N)ccc32)c1-c1cccc[n+]1C. The van der Waals surface area contributed by atoms with E-state index in [0.717, 1.165) is 38.8 Å². The zero-order valence-corrected chi connectivity index (χ0v) is 13.9. The average molecular weight is 313 g/mol. The maximum absolute atomic E-state index is 9.27. The van der Waals surface area contributed by atoms with Crippen LogP contribution in [-0.2, 0) is 7.05 Å². The molecule has 3 nitrogen and oxygen atoms in total. The second kappa shape index (κ2) is 5.21. The number of benzene rings is 2. The lowest BCUT2D eigenvalue weighted by atomic mass is 9.99. The summed E-state index contributed by atoms with van der Waals surface area (Å²) in [6.07, 6.45) is 2.04. The molecule has 4 aromatic rings. The van der Waals surface area contributed by atoms with E-state index in [2.05, 4.69) is 35.8 Å². The number of aryl methyl sites for hydroxylation is 3. The molecule has 0 spiro atoms. The van der Waals surface area contributed by atoms with E-state index in [1.807, 2.05) is 44.4 Å². The molecule has 2 heterocycles. The molecule has 0 amide bonds. The van der Waals surface area contributed by atoms with Crippen molar-refractivity contribution >= 4 is 21.9 Å². The van der Waals surface area contributed by atoms with Gasteiger partial charge in [-0.1, -0.05) is 12.1 Å². The number of furan rings is 1. The Morgan fingerprint density at radius 3 is 2.46 bits per heavy atom. The van der Waals surface area contributed by atoms with Crippen LogP contribution in [0, 0.1) is 25.2 Å². The van der Waals surface area contributed by atoms with Gasteiger partial charge in [-0.2, -0.15) is 5.26 Å². The van der Waals surface area contributed by atoms with Crippen LogP contribution in [0.4, 0.5) is 0 Å². The Morgan fingerprint density at radius 2 is 1.71 bits per heavy atom. The van der Waals surface area contributed by atoms with Gasteiger partial charge in [-0.25, -0.2) is 4.57 Å². The lowest BCUT2D eigenvalue weighted by Crippen LogP contribution is -2.30. The highest BCUT2D eigenvalue weighted by molar-refractivity contribution is 6.10. The topological polar surface area (TPSA) is 40.8 Å². The molecule has 0 fully saturated rings. The highest BCUT2D eigenvalue weighted by Crippen LogP contribution is 2.38. The fraction of sp³-hybridized carbons (Fsp3) is 0.143. The predicted molar refractivity (Wildman–Crippen MR) is 94.5 cm³/mol. The van der Waals surface area contributed by atoms with Gasteiger partial charge in [0, 0.05) is 28.5 Å². The average Bonchev–Trinajstić information content (AvgIpc) is 2.96. The van der Waals surface area contributed by atoms with Gasteiger partial charge in [0.1, 0.15) is 18.2 Å². The summed E-state index contributed by atoms with van der Waals surface area (Å²) in [4.78, 5) is 0. The van der Waals surface area contributed by atoms with E-state index < -0.39 is 0 Å². The number of nitriles is 1. The highest BCUT2D eigenvalue weighted by atomic mass is 16.3. The summed E-state index contributed by atoms with van der Waals surface area (Å²) >= 11 is 0. The Hall–Kier alpha value is -3.12. The van der Waals surface area contributed by atoms with Crippen molar-refractivity contribution in [1.29, 1.82) is 5.26 Å². The summed E-state index contributed by atoms with van der Waals surface area (Å²) in [6, 6.07) is 16.5. The van der Waals surface area contributed by atoms with Crippen LogP contribution in [0.15, 0.2) is 53.1 Å². The van der Waals surface area contributed by atoms with Crippen molar-refractivity contribution in [2.45, 2.75) is 13.8 Å². The molecule has 0 bridgehead atoms. The van der Waals surface area contributed by atoms with Gasteiger partial charge < -0.3 is 4.42 Å². The molecular formula is C21H17N2O+. The van der Waals surface area contributed by atoms with Gasteiger partial charge in [0.2, 0.25) is 5.69 Å². The molecular weight excluding hydrogens is 296 g/mol. The van der Waals surface area contributed by atoms with E-state index >= 15 is 0 Å². The van der Waals surface area contributed by atoms with Gasteiger partial charge in [-0.3, -0.25) is 0 Å². The third-order valence-corrected chi connectivity index (χ3v) is 4.70. The molecule has 0 aliphatic carbocycles. The Kier molecular flexibility index (Phi) is 3.14. The van der Waals surface area contributed by atoms with Crippen molar-refractivity contribution in [3.8, 4) is 17.3 Å². The minimum atomic E-state index is 0.657. The molecule has 4 rings (SSSR count). The minimum absolute atomic E-state index is 0.657. The zero-order chi connectivity index (χ0) is 16.8. The first-order valence-electron chi connectivity index (χ1n) is 7.92. The van der Waals surface area contributed by atoms with Crippen molar-refractivity contribution in [2.75, 3.05) is 0 Å². The molecule has 0 N–H and O–H groups in total. The van der Waals surface area contributed by atoms with Crippen molar-refractivity contribution in [3.05, 3.63) is 65.4 Å². The Balaban J connectivity index is 2.17. The van der Waals surface area contributed by atoms with E-state index in [4.69, 9.17) is 4.42 Å². The number of nitrogens with zero attached hydrogens (tertiary/aromatic N) is 2. The van der Waals surface area contributed by atoms with Crippen LogP contribution in [0.2, 0.25) is 0 Å². The first kappa shape index (κ1) is 14.5. The summed E-state index contributed by atoms with van der Waals surface area (Å²) in [5, 5.41) is 11.4. The van der Waals surface area contributed by atoms with E-state index in [1.165, 1.54) is 5.56 Å². The fourth-order valence-electron chi connectivity index (χ4n) is 3.36. The molecule has 0 saturated carbocycles. The molecule has 0 radical (unpaired) electrons. The third kappa shape index (κ3) is 1.93. The molecule has 0 unspecified atom stereocenters. The van der Waals surface area contributed by atoms with Crippen LogP contribution >= 0.6 is 0 Å². The third-order valence-electron chi connectivity index (χ3n) is 4.70. The van der Waals surface area contributed by atoms with Crippen LogP contribution in [0.3, 0.4) is 0 Å². The normalized spacial score (nSPS) is 11.1. The molecule has 3 heteroatoms. The summed E-state index contributed by atoms with van der Waals surface area (Å²) in [5.74, 6) is 0. The van der Waals surface area contributed by atoms with Gasteiger partial charge in [0.15, 0.2) is 6.20 Å². The van der Waals surface area contributed by atoms with Crippen LogP contribution in [0.5, 0.6) is 0 Å². The van der Waals surface area contributed by atoms with Gasteiger partial charge in [-0.05, 0) is 37.6 Å². The molecule has 0 aliphatic heterocycles. The number of rotatable bonds is 1. The first-order valence-corrected chi connectivity index (χ1v) is 7.92. The maximum atomic E-state index is 9.27. The monoisotopic (exact) mass is 313 g/mol.